The summed E-state index contributed by atoms with van der Waals surface area (Å²) in [6.45, 7) is 0. The standard InChI is InChI=1S/C30H20N2O2S2/c1-3-9-21(10-4-1)33-25-15-17-27(29-23(25)13-7-19-31-29)35-36-28-18-16-26(24-14-8-20-32-30(24)28)34-22-11-5-2-6-12-22/h1-20H. The summed E-state index contributed by atoms with van der Waals surface area (Å²) in [6.07, 6.45) is 3.63. The molecule has 0 unspecified atom stereocenters. The molecule has 0 bridgehead atoms. The molecule has 0 radical (unpaired) electrons. The fraction of sp³-hybridized carbons (Fsp3) is 0. The van der Waals surface area contributed by atoms with Crippen molar-refractivity contribution in [2.24, 2.45) is 0 Å². The van der Waals surface area contributed by atoms with E-state index in [2.05, 4.69) is 22.1 Å². The Morgan fingerprint density at radius 1 is 0.444 bits per heavy atom. The molecule has 0 saturated carbocycles. The molecule has 6 aromatic rings. The predicted octanol–water partition coefficient (Wildman–Crippen LogP) is 9.17. The molecule has 6 rings (SSSR count). The van der Waals surface area contributed by atoms with Gasteiger partial charge in [-0.05, 0) is 72.8 Å². The molecular formula is C30H20N2O2S2. The first-order chi connectivity index (χ1) is 17.8. The molecule has 0 fully saturated rings. The van der Waals surface area contributed by atoms with Crippen LogP contribution in [0.5, 0.6) is 23.0 Å². The zero-order chi connectivity index (χ0) is 24.2. The van der Waals surface area contributed by atoms with Crippen LogP contribution in [0.15, 0.2) is 131 Å². The third-order valence-corrected chi connectivity index (χ3v) is 7.98. The Labute approximate surface area is 216 Å². The smallest absolute Gasteiger partial charge is 0.136 e. The second kappa shape index (κ2) is 10.3. The first-order valence-corrected chi connectivity index (χ1v) is 13.6. The van der Waals surface area contributed by atoms with Gasteiger partial charge in [-0.1, -0.05) is 58.0 Å². The molecule has 36 heavy (non-hydrogen) atoms. The summed E-state index contributed by atoms with van der Waals surface area (Å²) in [7, 11) is 3.32. The van der Waals surface area contributed by atoms with E-state index in [1.807, 2.05) is 109 Å². The minimum atomic E-state index is 0.785. The Hall–Kier alpha value is -4.00. The number of rotatable bonds is 7. The highest BCUT2D eigenvalue weighted by Crippen LogP contribution is 2.45. The van der Waals surface area contributed by atoms with Gasteiger partial charge in [0.05, 0.1) is 11.0 Å². The number of nitrogens with zero attached hydrogens (tertiary/aromatic N) is 2. The quantitative estimate of drug-likeness (QED) is 0.202. The lowest BCUT2D eigenvalue weighted by Gasteiger charge is -2.13. The fourth-order valence-corrected chi connectivity index (χ4v) is 6.13. The highest BCUT2D eigenvalue weighted by Gasteiger charge is 2.13. The van der Waals surface area contributed by atoms with Gasteiger partial charge in [0.2, 0.25) is 0 Å². The summed E-state index contributed by atoms with van der Waals surface area (Å²) >= 11 is 0. The zero-order valence-corrected chi connectivity index (χ0v) is 20.7. The Morgan fingerprint density at radius 3 is 1.33 bits per heavy atom. The number of benzene rings is 4. The molecule has 0 spiro atoms. The van der Waals surface area contributed by atoms with Crippen molar-refractivity contribution in [3.63, 3.8) is 0 Å². The highest BCUT2D eigenvalue weighted by atomic mass is 33.1. The van der Waals surface area contributed by atoms with Crippen molar-refractivity contribution in [2.45, 2.75) is 9.79 Å². The van der Waals surface area contributed by atoms with Gasteiger partial charge in [0, 0.05) is 33.0 Å². The molecule has 0 aliphatic heterocycles. The highest BCUT2D eigenvalue weighted by molar-refractivity contribution is 8.76. The van der Waals surface area contributed by atoms with E-state index in [0.717, 1.165) is 54.6 Å². The minimum Gasteiger partial charge on any atom is -0.457 e. The second-order valence-corrected chi connectivity index (χ2v) is 10.1. The van der Waals surface area contributed by atoms with Crippen molar-refractivity contribution < 1.29 is 9.47 Å². The van der Waals surface area contributed by atoms with Crippen LogP contribution in [0, 0.1) is 0 Å². The van der Waals surface area contributed by atoms with E-state index in [1.165, 1.54) is 0 Å². The van der Waals surface area contributed by atoms with Gasteiger partial charge in [-0.15, -0.1) is 0 Å². The molecule has 4 nitrogen and oxygen atoms in total. The average molecular weight is 505 g/mol. The van der Waals surface area contributed by atoms with Gasteiger partial charge < -0.3 is 9.47 Å². The molecule has 6 heteroatoms. The van der Waals surface area contributed by atoms with E-state index in [-0.39, 0.29) is 0 Å². The Kier molecular flexibility index (Phi) is 6.44. The maximum Gasteiger partial charge on any atom is 0.136 e. The third-order valence-electron chi connectivity index (χ3n) is 5.55. The molecule has 0 amide bonds. The molecular weight excluding hydrogens is 484 g/mol. The molecule has 0 aliphatic carbocycles. The van der Waals surface area contributed by atoms with Crippen LogP contribution < -0.4 is 9.47 Å². The minimum absolute atomic E-state index is 0.785. The molecule has 0 saturated heterocycles. The van der Waals surface area contributed by atoms with Crippen LogP contribution in [0.1, 0.15) is 0 Å². The fourth-order valence-electron chi connectivity index (χ4n) is 3.87. The molecule has 0 atom stereocenters. The number of para-hydroxylation sites is 2. The largest absolute Gasteiger partial charge is 0.457 e. The lowest BCUT2D eigenvalue weighted by molar-refractivity contribution is 0.487. The van der Waals surface area contributed by atoms with Crippen LogP contribution in [-0.4, -0.2) is 9.97 Å². The molecule has 4 aromatic carbocycles. The van der Waals surface area contributed by atoms with E-state index in [1.54, 1.807) is 21.6 Å². The molecule has 0 aliphatic rings. The van der Waals surface area contributed by atoms with Crippen LogP contribution in [0.2, 0.25) is 0 Å². The van der Waals surface area contributed by atoms with E-state index in [9.17, 15) is 0 Å². The number of hydrogen-bond acceptors (Lipinski definition) is 6. The summed E-state index contributed by atoms with van der Waals surface area (Å²) in [5.74, 6) is 3.17. The van der Waals surface area contributed by atoms with Crippen LogP contribution >= 0.6 is 21.6 Å². The Bertz CT molecular complexity index is 1520. The Morgan fingerprint density at radius 2 is 0.889 bits per heavy atom. The monoisotopic (exact) mass is 504 g/mol. The molecule has 174 valence electrons. The van der Waals surface area contributed by atoms with Crippen LogP contribution in [0.4, 0.5) is 0 Å². The van der Waals surface area contributed by atoms with E-state index >= 15 is 0 Å². The van der Waals surface area contributed by atoms with Gasteiger partial charge in [0.25, 0.3) is 0 Å². The molecule has 0 N–H and O–H groups in total. The van der Waals surface area contributed by atoms with Gasteiger partial charge in [-0.2, -0.15) is 0 Å². The maximum absolute atomic E-state index is 6.15. The predicted molar refractivity (Wildman–Crippen MR) is 148 cm³/mol. The van der Waals surface area contributed by atoms with Crippen molar-refractivity contribution in [1.29, 1.82) is 0 Å². The van der Waals surface area contributed by atoms with Crippen molar-refractivity contribution in [3.05, 3.63) is 122 Å². The third kappa shape index (κ3) is 4.73. The van der Waals surface area contributed by atoms with Crippen LogP contribution in [-0.2, 0) is 0 Å². The summed E-state index contributed by atoms with van der Waals surface area (Å²) in [5.41, 5.74) is 1.81. The maximum atomic E-state index is 6.15. The number of hydrogen-bond donors (Lipinski definition) is 0. The average Bonchev–Trinajstić information content (AvgIpc) is 2.94. The summed E-state index contributed by atoms with van der Waals surface area (Å²) in [6, 6.07) is 35.7. The first kappa shape index (κ1) is 22.5. The van der Waals surface area contributed by atoms with Crippen molar-refractivity contribution in [1.82, 2.24) is 9.97 Å². The van der Waals surface area contributed by atoms with Gasteiger partial charge in [0.1, 0.15) is 23.0 Å². The lowest BCUT2D eigenvalue weighted by Crippen LogP contribution is -1.89. The van der Waals surface area contributed by atoms with Crippen LogP contribution in [0.3, 0.4) is 0 Å². The summed E-state index contributed by atoms with van der Waals surface area (Å²) in [4.78, 5) is 11.5. The molecule has 2 aromatic heterocycles. The van der Waals surface area contributed by atoms with Crippen molar-refractivity contribution >= 4 is 43.4 Å². The van der Waals surface area contributed by atoms with Crippen molar-refractivity contribution in [3.8, 4) is 23.0 Å². The van der Waals surface area contributed by atoms with Gasteiger partial charge >= 0.3 is 0 Å². The molecule has 2 heterocycles. The SMILES string of the molecule is c1ccc(Oc2ccc(SSc3ccc(Oc4ccccc4)c4cccnc34)c3ncccc23)cc1. The topological polar surface area (TPSA) is 44.2 Å². The summed E-state index contributed by atoms with van der Waals surface area (Å²) in [5, 5.41) is 1.95. The number of ether oxygens (including phenoxy) is 2. The van der Waals surface area contributed by atoms with Crippen LogP contribution in [0.25, 0.3) is 21.8 Å². The van der Waals surface area contributed by atoms with E-state index < -0.39 is 0 Å². The van der Waals surface area contributed by atoms with Gasteiger partial charge in [-0.3, -0.25) is 9.97 Å². The normalized spacial score (nSPS) is 11.0. The van der Waals surface area contributed by atoms with Gasteiger partial charge in [0.15, 0.2) is 0 Å². The van der Waals surface area contributed by atoms with Crippen molar-refractivity contribution in [2.75, 3.05) is 0 Å². The van der Waals surface area contributed by atoms with E-state index in [4.69, 9.17) is 9.47 Å². The Balaban J connectivity index is 1.29. The van der Waals surface area contributed by atoms with Gasteiger partial charge in [-0.25, -0.2) is 0 Å². The van der Waals surface area contributed by atoms with E-state index in [0.29, 0.717) is 0 Å². The number of pyridine rings is 2. The second-order valence-electron chi connectivity index (χ2n) is 7.92. The summed E-state index contributed by atoms with van der Waals surface area (Å²) < 4.78 is 12.3. The number of aromatic nitrogens is 2. The zero-order valence-electron chi connectivity index (χ0n) is 19.1. The first-order valence-electron chi connectivity index (χ1n) is 11.4. The lowest BCUT2D eigenvalue weighted by atomic mass is 10.2. The number of fused-ring (bicyclic) bond motifs is 2.